The SMILES string of the molecule is [CH2]OC(=O)CCOc1ccccc1. The van der Waals surface area contributed by atoms with Crippen LogP contribution >= 0.6 is 0 Å². The molecule has 0 saturated carbocycles. The van der Waals surface area contributed by atoms with E-state index in [9.17, 15) is 4.79 Å². The van der Waals surface area contributed by atoms with Crippen molar-refractivity contribution in [3.63, 3.8) is 0 Å². The molecule has 1 radical (unpaired) electrons. The second kappa shape index (κ2) is 5.19. The Morgan fingerprint density at radius 2 is 2.00 bits per heavy atom. The molecule has 0 aliphatic rings. The van der Waals surface area contributed by atoms with Crippen molar-refractivity contribution in [1.29, 1.82) is 0 Å². The van der Waals surface area contributed by atoms with Gasteiger partial charge in [-0.3, -0.25) is 4.79 Å². The molecule has 0 aliphatic heterocycles. The fourth-order valence-electron chi connectivity index (χ4n) is 0.841. The van der Waals surface area contributed by atoms with Gasteiger partial charge >= 0.3 is 5.97 Å². The van der Waals surface area contributed by atoms with Crippen molar-refractivity contribution in [1.82, 2.24) is 0 Å². The normalized spacial score (nSPS) is 9.31. The number of hydrogen-bond donors (Lipinski definition) is 0. The van der Waals surface area contributed by atoms with Gasteiger partial charge in [0, 0.05) is 0 Å². The molecule has 0 bridgehead atoms. The van der Waals surface area contributed by atoms with Crippen LogP contribution in [0.1, 0.15) is 6.42 Å². The molecule has 0 heterocycles. The summed E-state index contributed by atoms with van der Waals surface area (Å²) >= 11 is 0. The number of para-hydroxylation sites is 1. The summed E-state index contributed by atoms with van der Waals surface area (Å²) in [5.41, 5.74) is 0. The highest BCUT2D eigenvalue weighted by Gasteiger charge is 1.99. The Bertz CT molecular complexity index is 256. The van der Waals surface area contributed by atoms with Gasteiger partial charge in [0.2, 0.25) is 0 Å². The Morgan fingerprint density at radius 3 is 2.62 bits per heavy atom. The second-order valence-electron chi connectivity index (χ2n) is 2.43. The van der Waals surface area contributed by atoms with Gasteiger partial charge in [-0.2, -0.15) is 0 Å². The largest absolute Gasteiger partial charge is 0.493 e. The Morgan fingerprint density at radius 1 is 1.31 bits per heavy atom. The molecule has 0 fully saturated rings. The van der Waals surface area contributed by atoms with E-state index in [-0.39, 0.29) is 12.4 Å². The predicted molar refractivity (Wildman–Crippen MR) is 48.0 cm³/mol. The van der Waals surface area contributed by atoms with E-state index < -0.39 is 0 Å². The molecule has 1 rings (SSSR count). The van der Waals surface area contributed by atoms with Crippen molar-refractivity contribution < 1.29 is 14.3 Å². The van der Waals surface area contributed by atoms with Crippen LogP contribution in [0.5, 0.6) is 5.75 Å². The first-order chi connectivity index (χ1) is 6.33. The summed E-state index contributed by atoms with van der Waals surface area (Å²) in [6.07, 6.45) is 0.221. The van der Waals surface area contributed by atoms with Crippen molar-refractivity contribution in [3.8, 4) is 5.75 Å². The molecule has 0 N–H and O–H groups in total. The van der Waals surface area contributed by atoms with E-state index >= 15 is 0 Å². The van der Waals surface area contributed by atoms with Crippen LogP contribution in [0.2, 0.25) is 0 Å². The molecule has 3 heteroatoms. The smallest absolute Gasteiger partial charge is 0.309 e. The quantitative estimate of drug-likeness (QED) is 0.661. The minimum absolute atomic E-state index is 0.221. The molecule has 0 atom stereocenters. The van der Waals surface area contributed by atoms with Crippen molar-refractivity contribution >= 4 is 5.97 Å². The molecular formula is C10H11O3. The lowest BCUT2D eigenvalue weighted by atomic mass is 10.3. The first-order valence-electron chi connectivity index (χ1n) is 3.95. The van der Waals surface area contributed by atoms with E-state index in [4.69, 9.17) is 4.74 Å². The minimum Gasteiger partial charge on any atom is -0.493 e. The van der Waals surface area contributed by atoms with Crippen LogP contribution in [0.3, 0.4) is 0 Å². The average molecular weight is 179 g/mol. The van der Waals surface area contributed by atoms with E-state index in [0.717, 1.165) is 5.75 Å². The van der Waals surface area contributed by atoms with Crippen LogP contribution in [0.4, 0.5) is 0 Å². The zero-order valence-corrected chi connectivity index (χ0v) is 7.23. The molecular weight excluding hydrogens is 168 g/mol. The number of ether oxygens (including phenoxy) is 2. The van der Waals surface area contributed by atoms with Gasteiger partial charge in [0.25, 0.3) is 0 Å². The van der Waals surface area contributed by atoms with Gasteiger partial charge in [-0.05, 0) is 12.1 Å². The topological polar surface area (TPSA) is 35.5 Å². The third kappa shape index (κ3) is 3.60. The first kappa shape index (κ1) is 9.58. The minimum atomic E-state index is -0.365. The monoisotopic (exact) mass is 179 g/mol. The Hall–Kier alpha value is -1.51. The highest BCUT2D eigenvalue weighted by Crippen LogP contribution is 2.08. The maximum absolute atomic E-state index is 10.6. The zero-order valence-electron chi connectivity index (χ0n) is 7.23. The van der Waals surface area contributed by atoms with Crippen molar-refractivity contribution in [3.05, 3.63) is 37.4 Å². The van der Waals surface area contributed by atoms with E-state index in [0.29, 0.717) is 6.61 Å². The van der Waals surface area contributed by atoms with Gasteiger partial charge in [0.1, 0.15) is 12.9 Å². The first-order valence-corrected chi connectivity index (χ1v) is 3.95. The summed E-state index contributed by atoms with van der Waals surface area (Å²) in [7, 11) is 3.01. The number of hydrogen-bond acceptors (Lipinski definition) is 3. The summed E-state index contributed by atoms with van der Waals surface area (Å²) in [6, 6.07) is 9.30. The maximum Gasteiger partial charge on any atom is 0.309 e. The molecule has 0 spiro atoms. The van der Waals surface area contributed by atoms with Gasteiger partial charge in [-0.1, -0.05) is 18.2 Å². The average Bonchev–Trinajstić information content (AvgIpc) is 2.19. The molecule has 69 valence electrons. The summed E-state index contributed by atoms with van der Waals surface area (Å²) in [6.45, 7) is 0.318. The van der Waals surface area contributed by atoms with Gasteiger partial charge < -0.3 is 9.47 Å². The van der Waals surface area contributed by atoms with Crippen LogP contribution in [0.15, 0.2) is 30.3 Å². The lowest BCUT2D eigenvalue weighted by Crippen LogP contribution is -2.06. The lowest BCUT2D eigenvalue weighted by molar-refractivity contribution is -0.138. The van der Waals surface area contributed by atoms with Crippen LogP contribution in [-0.2, 0) is 9.53 Å². The maximum atomic E-state index is 10.6. The number of esters is 1. The highest BCUT2D eigenvalue weighted by atomic mass is 16.5. The van der Waals surface area contributed by atoms with Crippen molar-refractivity contribution in [2.24, 2.45) is 0 Å². The van der Waals surface area contributed by atoms with Gasteiger partial charge in [0.05, 0.1) is 13.0 Å². The summed E-state index contributed by atoms with van der Waals surface area (Å²) in [5, 5.41) is 0. The van der Waals surface area contributed by atoms with Gasteiger partial charge in [0.15, 0.2) is 0 Å². The number of benzene rings is 1. The van der Waals surface area contributed by atoms with E-state index in [1.54, 1.807) is 0 Å². The van der Waals surface area contributed by atoms with Crippen LogP contribution in [0.25, 0.3) is 0 Å². The summed E-state index contributed by atoms with van der Waals surface area (Å²) < 4.78 is 9.47. The Kier molecular flexibility index (Phi) is 3.82. The third-order valence-electron chi connectivity index (χ3n) is 1.48. The Labute approximate surface area is 77.3 Å². The van der Waals surface area contributed by atoms with Crippen LogP contribution < -0.4 is 4.74 Å². The molecule has 3 nitrogen and oxygen atoms in total. The van der Waals surface area contributed by atoms with Crippen molar-refractivity contribution in [2.75, 3.05) is 6.61 Å². The van der Waals surface area contributed by atoms with E-state index in [1.165, 1.54) is 0 Å². The number of rotatable bonds is 4. The van der Waals surface area contributed by atoms with Gasteiger partial charge in [-0.15, -0.1) is 0 Å². The predicted octanol–water partition coefficient (Wildman–Crippen LogP) is 1.79. The summed E-state index contributed by atoms with van der Waals surface area (Å²) in [5.74, 6) is 0.385. The Balaban J connectivity index is 2.24. The fraction of sp³-hybridized carbons (Fsp3) is 0.200. The zero-order chi connectivity index (χ0) is 9.52. The number of carbonyl (C=O) groups excluding carboxylic acids is 1. The molecule has 1 aromatic rings. The molecule has 0 aliphatic carbocycles. The molecule has 0 amide bonds. The second-order valence-corrected chi connectivity index (χ2v) is 2.43. The molecule has 0 aromatic heterocycles. The van der Waals surface area contributed by atoms with Crippen LogP contribution in [0, 0.1) is 7.11 Å². The lowest BCUT2D eigenvalue weighted by Gasteiger charge is -2.03. The standard InChI is InChI=1S/C10H11O3/c1-12-10(11)7-8-13-9-5-3-2-4-6-9/h2-6H,1,7-8H2. The number of carbonyl (C=O) groups is 1. The fourth-order valence-corrected chi connectivity index (χ4v) is 0.841. The molecule has 1 aromatic carbocycles. The molecule has 0 saturated heterocycles. The van der Waals surface area contributed by atoms with Crippen LogP contribution in [-0.4, -0.2) is 12.6 Å². The van der Waals surface area contributed by atoms with E-state index in [2.05, 4.69) is 11.8 Å². The molecule has 13 heavy (non-hydrogen) atoms. The van der Waals surface area contributed by atoms with Gasteiger partial charge in [-0.25, -0.2) is 0 Å². The van der Waals surface area contributed by atoms with Crippen molar-refractivity contribution in [2.45, 2.75) is 6.42 Å². The van der Waals surface area contributed by atoms with E-state index in [1.807, 2.05) is 30.3 Å². The highest BCUT2D eigenvalue weighted by molar-refractivity contribution is 5.69. The summed E-state index contributed by atoms with van der Waals surface area (Å²) in [4.78, 5) is 10.6. The molecule has 0 unspecified atom stereocenters. The third-order valence-corrected chi connectivity index (χ3v) is 1.48.